The van der Waals surface area contributed by atoms with E-state index >= 15 is 0 Å². The molecule has 0 aromatic heterocycles. The largest absolute Gasteiger partial charge is 0.493 e. The molecule has 1 saturated heterocycles. The molecule has 39 heavy (non-hydrogen) atoms. The number of carbonyl (C=O) groups excluding carboxylic acids is 1. The van der Waals surface area contributed by atoms with Crippen molar-refractivity contribution in [3.05, 3.63) is 54.1 Å². The molecule has 0 bridgehead atoms. The highest BCUT2D eigenvalue weighted by Crippen LogP contribution is 2.29. The smallest absolute Gasteiger partial charge is 0.233 e. The van der Waals surface area contributed by atoms with E-state index in [4.69, 9.17) is 10.5 Å². The van der Waals surface area contributed by atoms with Crippen molar-refractivity contribution in [1.82, 2.24) is 15.1 Å². The zero-order valence-electron chi connectivity index (χ0n) is 23.3. The number of rotatable bonds is 11. The second-order valence-corrected chi connectivity index (χ2v) is 12.8. The number of carbonyl (C=O) groups is 1. The number of piperazine rings is 1. The minimum atomic E-state index is -3.68. The highest BCUT2D eigenvalue weighted by atomic mass is 32.2. The normalized spacial score (nSPS) is 19.4. The van der Waals surface area contributed by atoms with Crippen LogP contribution < -0.4 is 15.8 Å². The molecule has 2 aromatic rings. The fraction of sp³-hybridized carbons (Fsp3) is 0.567. The fourth-order valence-corrected chi connectivity index (χ4v) is 6.99. The van der Waals surface area contributed by atoms with E-state index in [0.29, 0.717) is 18.8 Å². The van der Waals surface area contributed by atoms with E-state index in [1.54, 1.807) is 36.4 Å². The van der Waals surface area contributed by atoms with Crippen LogP contribution >= 0.6 is 0 Å². The van der Waals surface area contributed by atoms with Crippen LogP contribution in [0.3, 0.4) is 0 Å². The van der Waals surface area contributed by atoms with Gasteiger partial charge < -0.3 is 15.8 Å². The van der Waals surface area contributed by atoms with Gasteiger partial charge in [-0.2, -0.15) is 0 Å². The van der Waals surface area contributed by atoms with Crippen molar-refractivity contribution >= 4 is 15.7 Å². The molecule has 2 aromatic carbocycles. The summed E-state index contributed by atoms with van der Waals surface area (Å²) in [6.45, 7) is 8.69. The molecule has 0 unspecified atom stereocenters. The van der Waals surface area contributed by atoms with Crippen LogP contribution in [0.4, 0.5) is 0 Å². The fourth-order valence-electron chi connectivity index (χ4n) is 5.70. The van der Waals surface area contributed by atoms with E-state index in [1.165, 1.54) is 32.1 Å². The quantitative estimate of drug-likeness (QED) is 0.434. The van der Waals surface area contributed by atoms with Crippen molar-refractivity contribution in [3.63, 3.8) is 0 Å². The minimum Gasteiger partial charge on any atom is -0.493 e. The first-order valence-electron chi connectivity index (χ1n) is 14.3. The van der Waals surface area contributed by atoms with E-state index < -0.39 is 9.84 Å². The standard InChI is InChI=1S/C30H44N4O4S/c1-23(32-30(35)22-31)15-20-38-27-9-6-10-29(21-27)39(36,37)28-13-11-25(12-14-28)24(2)33-16-18-34(19-17-33)26-7-4-3-5-8-26/h6,9-14,21,23-24,26H,3-5,7-8,15-20,22,31H2,1-2H3,(H,32,35)/t23-,24-/m0/s1. The van der Waals surface area contributed by atoms with E-state index in [0.717, 1.165) is 37.8 Å². The summed E-state index contributed by atoms with van der Waals surface area (Å²) in [6.07, 6.45) is 7.38. The zero-order valence-corrected chi connectivity index (χ0v) is 24.2. The minimum absolute atomic E-state index is 0.0532. The molecule has 8 nitrogen and oxygen atoms in total. The summed E-state index contributed by atoms with van der Waals surface area (Å²) in [5.41, 5.74) is 6.46. The Kier molecular flexibility index (Phi) is 10.4. The van der Waals surface area contributed by atoms with Crippen molar-refractivity contribution in [2.24, 2.45) is 5.73 Å². The van der Waals surface area contributed by atoms with E-state index in [1.807, 2.05) is 19.1 Å². The Bertz CT molecular complexity index is 1170. The lowest BCUT2D eigenvalue weighted by Gasteiger charge is -2.42. The number of hydrogen-bond acceptors (Lipinski definition) is 7. The summed E-state index contributed by atoms with van der Waals surface area (Å²) in [5, 5.41) is 2.78. The second kappa shape index (κ2) is 13.7. The summed E-state index contributed by atoms with van der Waals surface area (Å²) in [6, 6.07) is 14.8. The first kappa shape index (κ1) is 29.5. The van der Waals surface area contributed by atoms with Crippen molar-refractivity contribution < 1.29 is 17.9 Å². The van der Waals surface area contributed by atoms with Gasteiger partial charge in [0.25, 0.3) is 0 Å². The van der Waals surface area contributed by atoms with E-state index in [9.17, 15) is 13.2 Å². The molecule has 0 radical (unpaired) electrons. The maximum absolute atomic E-state index is 13.4. The Morgan fingerprint density at radius 2 is 1.69 bits per heavy atom. The third kappa shape index (κ3) is 7.81. The lowest BCUT2D eigenvalue weighted by Crippen LogP contribution is -2.51. The summed E-state index contributed by atoms with van der Waals surface area (Å²) < 4.78 is 32.5. The van der Waals surface area contributed by atoms with E-state index in [2.05, 4.69) is 22.0 Å². The lowest BCUT2D eigenvalue weighted by molar-refractivity contribution is -0.120. The van der Waals surface area contributed by atoms with Crippen LogP contribution in [0.25, 0.3) is 0 Å². The highest BCUT2D eigenvalue weighted by Gasteiger charge is 2.27. The number of benzene rings is 2. The van der Waals surface area contributed by atoms with Crippen LogP contribution in [-0.4, -0.2) is 75.5 Å². The van der Waals surface area contributed by atoms with Gasteiger partial charge in [-0.1, -0.05) is 37.5 Å². The number of nitrogens with one attached hydrogen (secondary N) is 1. The van der Waals surface area contributed by atoms with Gasteiger partial charge in [0.1, 0.15) is 5.75 Å². The highest BCUT2D eigenvalue weighted by molar-refractivity contribution is 7.91. The number of ether oxygens (including phenoxy) is 1. The molecule has 2 aliphatic rings. The Morgan fingerprint density at radius 3 is 2.36 bits per heavy atom. The molecule has 4 rings (SSSR count). The summed E-state index contributed by atoms with van der Waals surface area (Å²) in [7, 11) is -3.68. The van der Waals surface area contributed by atoms with Crippen LogP contribution in [-0.2, 0) is 14.6 Å². The molecule has 1 saturated carbocycles. The average molecular weight is 557 g/mol. The molecule has 1 heterocycles. The van der Waals surface area contributed by atoms with Crippen molar-refractivity contribution in [2.45, 2.75) is 80.3 Å². The molecular formula is C30H44N4O4S. The Labute approximate surface area is 233 Å². The Morgan fingerprint density at radius 1 is 1.00 bits per heavy atom. The molecule has 1 amide bonds. The number of sulfone groups is 1. The lowest BCUT2D eigenvalue weighted by atomic mass is 9.93. The summed E-state index contributed by atoms with van der Waals surface area (Å²) in [4.78, 5) is 17.1. The van der Waals surface area contributed by atoms with Crippen molar-refractivity contribution in [3.8, 4) is 5.75 Å². The van der Waals surface area contributed by atoms with Gasteiger partial charge >= 0.3 is 0 Å². The molecule has 1 aliphatic carbocycles. The number of nitrogens with zero attached hydrogens (tertiary/aromatic N) is 2. The summed E-state index contributed by atoms with van der Waals surface area (Å²) in [5.74, 6) is 0.263. The predicted octanol–water partition coefficient (Wildman–Crippen LogP) is 3.76. The van der Waals surface area contributed by atoms with Crippen LogP contribution in [0.5, 0.6) is 5.75 Å². The zero-order chi connectivity index (χ0) is 27.8. The van der Waals surface area contributed by atoms with Gasteiger partial charge in [-0.25, -0.2) is 8.42 Å². The molecular weight excluding hydrogens is 512 g/mol. The van der Waals surface area contributed by atoms with Crippen LogP contribution in [0.15, 0.2) is 58.3 Å². The van der Waals surface area contributed by atoms with Gasteiger partial charge in [0, 0.05) is 50.7 Å². The molecule has 2 fully saturated rings. The van der Waals surface area contributed by atoms with Crippen molar-refractivity contribution in [1.29, 1.82) is 0 Å². The van der Waals surface area contributed by atoms with Crippen LogP contribution in [0.2, 0.25) is 0 Å². The molecule has 3 N–H and O–H groups in total. The molecule has 1 aliphatic heterocycles. The molecule has 214 valence electrons. The van der Waals surface area contributed by atoms with Gasteiger partial charge in [0.2, 0.25) is 15.7 Å². The maximum Gasteiger partial charge on any atom is 0.233 e. The Balaban J connectivity index is 1.33. The van der Waals surface area contributed by atoms with Crippen LogP contribution in [0, 0.1) is 0 Å². The van der Waals surface area contributed by atoms with Crippen LogP contribution in [0.1, 0.15) is 64.0 Å². The van der Waals surface area contributed by atoms with Gasteiger partial charge in [-0.15, -0.1) is 0 Å². The third-order valence-corrected chi connectivity index (χ3v) is 9.96. The SMILES string of the molecule is C[C@@H](CCOc1cccc(S(=O)(=O)c2ccc([C@H](C)N3CCN(C4CCCCC4)CC3)cc2)c1)NC(=O)CN. The second-order valence-electron chi connectivity index (χ2n) is 10.9. The monoisotopic (exact) mass is 556 g/mol. The first-order valence-corrected chi connectivity index (χ1v) is 15.8. The van der Waals surface area contributed by atoms with Crippen molar-refractivity contribution in [2.75, 3.05) is 39.3 Å². The molecule has 0 spiro atoms. The van der Waals surface area contributed by atoms with Gasteiger partial charge in [-0.3, -0.25) is 14.6 Å². The Hall–Kier alpha value is -2.46. The number of hydrogen-bond donors (Lipinski definition) is 2. The average Bonchev–Trinajstić information content (AvgIpc) is 2.97. The number of nitrogens with two attached hydrogens (primary N) is 1. The molecule has 2 atom stereocenters. The predicted molar refractivity (Wildman–Crippen MR) is 154 cm³/mol. The number of amides is 1. The van der Waals surface area contributed by atoms with Gasteiger partial charge in [-0.05, 0) is 62.6 Å². The van der Waals surface area contributed by atoms with E-state index in [-0.39, 0.29) is 34.3 Å². The van der Waals surface area contributed by atoms with Gasteiger partial charge in [0.15, 0.2) is 0 Å². The topological polar surface area (TPSA) is 105 Å². The third-order valence-electron chi connectivity index (χ3n) is 8.19. The summed E-state index contributed by atoms with van der Waals surface area (Å²) >= 11 is 0. The maximum atomic E-state index is 13.4. The molecule has 9 heteroatoms. The van der Waals surface area contributed by atoms with Gasteiger partial charge in [0.05, 0.1) is 22.9 Å². The first-order chi connectivity index (χ1) is 18.8.